The van der Waals surface area contributed by atoms with Gasteiger partial charge in [0.05, 0.1) is 12.0 Å². The molecule has 50 valence electrons. The van der Waals surface area contributed by atoms with Gasteiger partial charge in [-0.05, 0) is 6.42 Å². The number of hydrogen-bond donors (Lipinski definition) is 0. The third-order valence-electron chi connectivity index (χ3n) is 1.32. The van der Waals surface area contributed by atoms with Gasteiger partial charge in [-0.25, -0.2) is 0 Å². The third kappa shape index (κ3) is 3.78. The lowest BCUT2D eigenvalue weighted by Gasteiger charge is -1.98. The fourth-order valence-electron chi connectivity index (χ4n) is 0.659. The molecule has 0 aromatic carbocycles. The molecule has 0 saturated carbocycles. The number of allylic oxidation sites excluding steroid dienone is 1. The van der Waals surface area contributed by atoms with Crippen LogP contribution in [0.5, 0.6) is 0 Å². The second-order valence-corrected chi connectivity index (χ2v) is 2.11. The maximum Gasteiger partial charge on any atom is 0.0697 e. The van der Waals surface area contributed by atoms with Crippen molar-refractivity contribution in [3.8, 4) is 6.07 Å². The molecular weight excluding hydrogens is 110 g/mol. The van der Waals surface area contributed by atoms with Crippen LogP contribution in [0.4, 0.5) is 0 Å². The second kappa shape index (κ2) is 5.37. The number of rotatable bonds is 4. The van der Waals surface area contributed by atoms with Crippen LogP contribution in [-0.4, -0.2) is 0 Å². The van der Waals surface area contributed by atoms with Crippen molar-refractivity contribution in [1.29, 1.82) is 5.26 Å². The summed E-state index contributed by atoms with van der Waals surface area (Å²) < 4.78 is 0. The molecule has 0 heterocycles. The zero-order chi connectivity index (χ0) is 7.11. The van der Waals surface area contributed by atoms with Gasteiger partial charge in [-0.15, -0.1) is 6.58 Å². The number of nitriles is 1. The molecule has 0 aromatic rings. The Bertz CT molecular complexity index is 110. The maximum absolute atomic E-state index is 8.43. The normalized spacial score (nSPS) is 12.0. The van der Waals surface area contributed by atoms with E-state index in [4.69, 9.17) is 5.26 Å². The van der Waals surface area contributed by atoms with E-state index in [2.05, 4.69) is 19.6 Å². The molecule has 0 radical (unpaired) electrons. The fraction of sp³-hybridized carbons (Fsp3) is 0.625. The Morgan fingerprint density at radius 2 is 2.44 bits per heavy atom. The molecule has 0 saturated heterocycles. The van der Waals surface area contributed by atoms with Crippen LogP contribution in [-0.2, 0) is 0 Å². The van der Waals surface area contributed by atoms with Crippen molar-refractivity contribution in [1.82, 2.24) is 0 Å². The van der Waals surface area contributed by atoms with Crippen molar-refractivity contribution < 1.29 is 0 Å². The van der Waals surface area contributed by atoms with E-state index in [1.165, 1.54) is 0 Å². The molecule has 0 aliphatic carbocycles. The summed E-state index contributed by atoms with van der Waals surface area (Å²) in [6.07, 6.45) is 4.97. The van der Waals surface area contributed by atoms with Gasteiger partial charge in [0, 0.05) is 0 Å². The highest BCUT2D eigenvalue weighted by atomic mass is 14.3. The monoisotopic (exact) mass is 123 g/mol. The van der Waals surface area contributed by atoms with E-state index in [1.807, 2.05) is 0 Å². The van der Waals surface area contributed by atoms with E-state index in [-0.39, 0.29) is 5.92 Å². The van der Waals surface area contributed by atoms with Crippen molar-refractivity contribution in [3.05, 3.63) is 12.7 Å². The summed E-state index contributed by atoms with van der Waals surface area (Å²) in [4.78, 5) is 0. The van der Waals surface area contributed by atoms with E-state index in [0.29, 0.717) is 0 Å². The van der Waals surface area contributed by atoms with E-state index in [9.17, 15) is 0 Å². The molecule has 9 heavy (non-hydrogen) atoms. The molecule has 0 fully saturated rings. The van der Waals surface area contributed by atoms with Gasteiger partial charge < -0.3 is 0 Å². The predicted molar refractivity (Wildman–Crippen MR) is 38.8 cm³/mol. The first kappa shape index (κ1) is 8.23. The number of nitrogens with zero attached hydrogens (tertiary/aromatic N) is 1. The smallest absolute Gasteiger partial charge is 0.0697 e. The van der Waals surface area contributed by atoms with Gasteiger partial charge >= 0.3 is 0 Å². The Balaban J connectivity index is 3.34. The van der Waals surface area contributed by atoms with Crippen LogP contribution in [0.3, 0.4) is 0 Å². The van der Waals surface area contributed by atoms with Gasteiger partial charge in [-0.2, -0.15) is 5.26 Å². The summed E-state index contributed by atoms with van der Waals surface area (Å²) in [7, 11) is 0. The molecule has 0 aromatic heterocycles. The van der Waals surface area contributed by atoms with Crippen LogP contribution < -0.4 is 0 Å². The van der Waals surface area contributed by atoms with Gasteiger partial charge in [0.25, 0.3) is 0 Å². The summed E-state index contributed by atoms with van der Waals surface area (Å²) in [6.45, 7) is 5.68. The van der Waals surface area contributed by atoms with Gasteiger partial charge in [0.1, 0.15) is 0 Å². The van der Waals surface area contributed by atoms with Crippen molar-refractivity contribution in [2.24, 2.45) is 5.92 Å². The van der Waals surface area contributed by atoms with Crippen LogP contribution in [0.1, 0.15) is 26.2 Å². The molecule has 1 nitrogen and oxygen atoms in total. The molecule has 1 atom stereocenters. The molecule has 0 spiro atoms. The fourth-order valence-corrected chi connectivity index (χ4v) is 0.659. The standard InChI is InChI=1S/C8H13N/c1-3-5-6-8(4-2)7-9/h4,8H,2-3,5-6H2,1H3. The van der Waals surface area contributed by atoms with Crippen LogP contribution in [0.15, 0.2) is 12.7 Å². The largest absolute Gasteiger partial charge is 0.198 e. The van der Waals surface area contributed by atoms with E-state index in [0.717, 1.165) is 19.3 Å². The Hall–Kier alpha value is -0.770. The average Bonchev–Trinajstić information content (AvgIpc) is 1.91. The predicted octanol–water partition coefficient (Wildman–Crippen LogP) is 2.50. The molecule has 0 amide bonds. The van der Waals surface area contributed by atoms with Crippen molar-refractivity contribution in [2.75, 3.05) is 0 Å². The molecule has 0 aliphatic rings. The second-order valence-electron chi connectivity index (χ2n) is 2.11. The molecule has 0 rings (SSSR count). The van der Waals surface area contributed by atoms with Crippen molar-refractivity contribution in [2.45, 2.75) is 26.2 Å². The van der Waals surface area contributed by atoms with Crippen LogP contribution in [0, 0.1) is 17.2 Å². The molecule has 0 bridgehead atoms. The van der Waals surface area contributed by atoms with Gasteiger partial charge in [0.2, 0.25) is 0 Å². The highest BCUT2D eigenvalue weighted by molar-refractivity contribution is 4.94. The van der Waals surface area contributed by atoms with Crippen molar-refractivity contribution >= 4 is 0 Å². The highest BCUT2D eigenvalue weighted by Gasteiger charge is 1.98. The van der Waals surface area contributed by atoms with Gasteiger partial charge in [-0.1, -0.05) is 25.8 Å². The zero-order valence-corrected chi connectivity index (χ0v) is 5.93. The Kier molecular flexibility index (Phi) is 4.91. The summed E-state index contributed by atoms with van der Waals surface area (Å²) in [5, 5.41) is 8.43. The minimum atomic E-state index is 0.0740. The van der Waals surface area contributed by atoms with Crippen LogP contribution in [0.2, 0.25) is 0 Å². The van der Waals surface area contributed by atoms with Gasteiger partial charge in [-0.3, -0.25) is 0 Å². The molecule has 0 aliphatic heterocycles. The lowest BCUT2D eigenvalue weighted by Crippen LogP contribution is -1.89. The Morgan fingerprint density at radius 3 is 2.78 bits per heavy atom. The summed E-state index contributed by atoms with van der Waals surface area (Å²) >= 11 is 0. The molecule has 0 N–H and O–H groups in total. The minimum Gasteiger partial charge on any atom is -0.198 e. The Morgan fingerprint density at radius 1 is 1.78 bits per heavy atom. The Labute approximate surface area is 57.0 Å². The molecule has 1 unspecified atom stereocenters. The maximum atomic E-state index is 8.43. The van der Waals surface area contributed by atoms with E-state index < -0.39 is 0 Å². The zero-order valence-electron chi connectivity index (χ0n) is 5.93. The summed E-state index contributed by atoms with van der Waals surface area (Å²) in [6, 6.07) is 2.17. The van der Waals surface area contributed by atoms with E-state index >= 15 is 0 Å². The quantitative estimate of drug-likeness (QED) is 0.527. The summed E-state index contributed by atoms with van der Waals surface area (Å²) in [5.41, 5.74) is 0. The lowest BCUT2D eigenvalue weighted by molar-refractivity contribution is 0.651. The minimum absolute atomic E-state index is 0.0740. The van der Waals surface area contributed by atoms with E-state index in [1.54, 1.807) is 6.08 Å². The lowest BCUT2D eigenvalue weighted by atomic mass is 10.0. The van der Waals surface area contributed by atoms with Crippen molar-refractivity contribution in [3.63, 3.8) is 0 Å². The average molecular weight is 123 g/mol. The third-order valence-corrected chi connectivity index (χ3v) is 1.32. The molecular formula is C8H13N. The first-order valence-corrected chi connectivity index (χ1v) is 3.37. The number of unbranched alkanes of at least 4 members (excludes halogenated alkanes) is 1. The topological polar surface area (TPSA) is 23.8 Å². The molecule has 1 heteroatoms. The van der Waals surface area contributed by atoms with Crippen LogP contribution >= 0.6 is 0 Å². The number of hydrogen-bond acceptors (Lipinski definition) is 1. The first-order chi connectivity index (χ1) is 4.35. The SMILES string of the molecule is C=CC(C#N)CCCC. The summed E-state index contributed by atoms with van der Waals surface area (Å²) in [5.74, 6) is 0.0740. The van der Waals surface area contributed by atoms with Gasteiger partial charge in [0.15, 0.2) is 0 Å². The van der Waals surface area contributed by atoms with Crippen LogP contribution in [0.25, 0.3) is 0 Å². The highest BCUT2D eigenvalue weighted by Crippen LogP contribution is 2.06. The first-order valence-electron chi connectivity index (χ1n) is 3.37.